The summed E-state index contributed by atoms with van der Waals surface area (Å²) in [5.74, 6) is -0.936. The summed E-state index contributed by atoms with van der Waals surface area (Å²) in [6.07, 6.45) is 4.83. The van der Waals surface area contributed by atoms with Gasteiger partial charge in [0, 0.05) is 24.0 Å². The van der Waals surface area contributed by atoms with Crippen molar-refractivity contribution in [3.63, 3.8) is 0 Å². The molecule has 1 aromatic carbocycles. The smallest absolute Gasteiger partial charge is 0.133 e. The second-order valence-electron chi connectivity index (χ2n) is 5.10. The lowest BCUT2D eigenvalue weighted by atomic mass is 9.96. The summed E-state index contributed by atoms with van der Waals surface area (Å²) in [6.45, 7) is 4.25. The van der Waals surface area contributed by atoms with E-state index < -0.39 is 11.6 Å². The van der Waals surface area contributed by atoms with Gasteiger partial charge in [0.25, 0.3) is 0 Å². The van der Waals surface area contributed by atoms with Crippen LogP contribution in [-0.2, 0) is 6.42 Å². The summed E-state index contributed by atoms with van der Waals surface area (Å²) in [7, 11) is 0. The maximum absolute atomic E-state index is 14.3. The molecule has 2 rings (SSSR count). The Balaban J connectivity index is 2.21. The quantitative estimate of drug-likeness (QED) is 0.871. The van der Waals surface area contributed by atoms with Crippen molar-refractivity contribution in [2.24, 2.45) is 0 Å². The highest BCUT2D eigenvalue weighted by Crippen LogP contribution is 2.26. The van der Waals surface area contributed by atoms with Crippen LogP contribution in [-0.4, -0.2) is 11.5 Å². The van der Waals surface area contributed by atoms with Crippen LogP contribution in [0.25, 0.3) is 0 Å². The number of benzene rings is 1. The number of hydrogen-bond acceptors (Lipinski definition) is 2. The van der Waals surface area contributed by atoms with Gasteiger partial charge in [0.15, 0.2) is 0 Å². The summed E-state index contributed by atoms with van der Waals surface area (Å²) in [4.78, 5) is 3.97. The number of aryl methyl sites for hydroxylation is 2. The van der Waals surface area contributed by atoms with Crippen LogP contribution in [0.4, 0.5) is 8.78 Å². The Labute approximate surface area is 124 Å². The van der Waals surface area contributed by atoms with Crippen molar-refractivity contribution in [1.82, 2.24) is 10.3 Å². The van der Waals surface area contributed by atoms with E-state index >= 15 is 0 Å². The number of nitrogens with one attached hydrogen (secondary N) is 1. The van der Waals surface area contributed by atoms with E-state index in [2.05, 4.69) is 10.3 Å². The lowest BCUT2D eigenvalue weighted by molar-refractivity contribution is 0.452. The van der Waals surface area contributed by atoms with Crippen molar-refractivity contribution >= 4 is 0 Å². The average molecular weight is 290 g/mol. The molecule has 2 aromatic rings. The fourth-order valence-corrected chi connectivity index (χ4v) is 2.45. The monoisotopic (exact) mass is 290 g/mol. The zero-order valence-corrected chi connectivity index (χ0v) is 12.4. The van der Waals surface area contributed by atoms with E-state index in [1.807, 2.05) is 19.1 Å². The van der Waals surface area contributed by atoms with Crippen molar-refractivity contribution in [3.05, 3.63) is 65.0 Å². The molecule has 0 aliphatic heterocycles. The SMILES string of the molecule is CCNC(CCc1ccncc1)c1c(F)ccc(C)c1F. The van der Waals surface area contributed by atoms with Gasteiger partial charge >= 0.3 is 0 Å². The first-order chi connectivity index (χ1) is 10.1. The van der Waals surface area contributed by atoms with Gasteiger partial charge in [-0.3, -0.25) is 4.98 Å². The molecule has 0 aliphatic rings. The van der Waals surface area contributed by atoms with Crippen molar-refractivity contribution in [2.75, 3.05) is 6.54 Å². The van der Waals surface area contributed by atoms with Gasteiger partial charge in [0.1, 0.15) is 11.6 Å². The molecule has 1 aromatic heterocycles. The van der Waals surface area contributed by atoms with Gasteiger partial charge in [-0.15, -0.1) is 0 Å². The molecule has 0 saturated heterocycles. The highest BCUT2D eigenvalue weighted by atomic mass is 19.1. The van der Waals surface area contributed by atoms with E-state index in [4.69, 9.17) is 0 Å². The zero-order valence-electron chi connectivity index (χ0n) is 12.4. The molecule has 21 heavy (non-hydrogen) atoms. The standard InChI is InChI=1S/C17H20F2N2/c1-3-21-15(7-5-13-8-10-20-11-9-13)16-14(18)6-4-12(2)17(16)19/h4,6,8-11,15,21H,3,5,7H2,1-2H3. The van der Waals surface area contributed by atoms with Crippen LogP contribution < -0.4 is 5.32 Å². The Morgan fingerprint density at radius 2 is 1.86 bits per heavy atom. The van der Waals surface area contributed by atoms with Crippen molar-refractivity contribution < 1.29 is 8.78 Å². The largest absolute Gasteiger partial charge is 0.310 e. The third kappa shape index (κ3) is 3.85. The predicted molar refractivity (Wildman–Crippen MR) is 80.1 cm³/mol. The Morgan fingerprint density at radius 3 is 2.52 bits per heavy atom. The number of pyridine rings is 1. The van der Waals surface area contributed by atoms with Gasteiger partial charge in [-0.1, -0.05) is 13.0 Å². The molecule has 0 amide bonds. The maximum atomic E-state index is 14.3. The minimum Gasteiger partial charge on any atom is -0.310 e. The normalized spacial score (nSPS) is 12.4. The highest BCUT2D eigenvalue weighted by molar-refractivity contribution is 5.29. The molecule has 1 N–H and O–H groups in total. The molecule has 0 fully saturated rings. The van der Waals surface area contributed by atoms with E-state index in [9.17, 15) is 8.78 Å². The Kier molecular flexibility index (Phi) is 5.39. The molecule has 0 saturated carbocycles. The average Bonchev–Trinajstić information content (AvgIpc) is 2.50. The van der Waals surface area contributed by atoms with Gasteiger partial charge in [0.05, 0.1) is 0 Å². The molecular weight excluding hydrogens is 270 g/mol. The van der Waals surface area contributed by atoms with Crippen LogP contribution >= 0.6 is 0 Å². The van der Waals surface area contributed by atoms with E-state index in [1.165, 1.54) is 12.1 Å². The number of halogens is 2. The van der Waals surface area contributed by atoms with Gasteiger partial charge in [-0.25, -0.2) is 8.78 Å². The molecule has 2 nitrogen and oxygen atoms in total. The van der Waals surface area contributed by atoms with Crippen molar-refractivity contribution in [2.45, 2.75) is 32.7 Å². The summed E-state index contributed by atoms with van der Waals surface area (Å²) in [6, 6.07) is 6.32. The van der Waals surface area contributed by atoms with Crippen LogP contribution in [0.15, 0.2) is 36.7 Å². The van der Waals surface area contributed by atoms with Gasteiger partial charge in [-0.2, -0.15) is 0 Å². The number of nitrogens with zero attached hydrogens (tertiary/aromatic N) is 1. The molecular formula is C17H20F2N2. The van der Waals surface area contributed by atoms with Crippen molar-refractivity contribution in [3.8, 4) is 0 Å². The first-order valence-electron chi connectivity index (χ1n) is 7.20. The zero-order chi connectivity index (χ0) is 15.2. The summed E-state index contributed by atoms with van der Waals surface area (Å²) < 4.78 is 28.3. The fraction of sp³-hybridized carbons (Fsp3) is 0.353. The van der Waals surface area contributed by atoms with Crippen LogP contribution in [0.5, 0.6) is 0 Å². The molecule has 0 aliphatic carbocycles. The van der Waals surface area contributed by atoms with Crippen LogP contribution in [0, 0.1) is 18.6 Å². The number of hydrogen-bond donors (Lipinski definition) is 1. The Morgan fingerprint density at radius 1 is 1.14 bits per heavy atom. The molecule has 112 valence electrons. The Hall–Kier alpha value is -1.81. The molecule has 0 spiro atoms. The lowest BCUT2D eigenvalue weighted by Gasteiger charge is -2.20. The molecule has 4 heteroatoms. The van der Waals surface area contributed by atoms with E-state index in [1.54, 1.807) is 19.3 Å². The van der Waals surface area contributed by atoms with E-state index in [0.717, 1.165) is 12.0 Å². The third-order valence-electron chi connectivity index (χ3n) is 3.59. The minimum absolute atomic E-state index is 0.144. The topological polar surface area (TPSA) is 24.9 Å². The minimum atomic E-state index is -0.487. The first kappa shape index (κ1) is 15.6. The molecule has 0 bridgehead atoms. The second-order valence-corrected chi connectivity index (χ2v) is 5.10. The van der Waals surface area contributed by atoms with Crippen molar-refractivity contribution in [1.29, 1.82) is 0 Å². The highest BCUT2D eigenvalue weighted by Gasteiger charge is 2.20. The first-order valence-corrected chi connectivity index (χ1v) is 7.20. The molecule has 0 radical (unpaired) electrons. The summed E-state index contributed by atoms with van der Waals surface area (Å²) in [5.41, 5.74) is 1.73. The van der Waals surface area contributed by atoms with Gasteiger partial charge in [0.2, 0.25) is 0 Å². The summed E-state index contributed by atoms with van der Waals surface area (Å²) >= 11 is 0. The fourth-order valence-electron chi connectivity index (χ4n) is 2.45. The molecule has 1 atom stereocenters. The van der Waals surface area contributed by atoms with E-state index in [0.29, 0.717) is 18.5 Å². The van der Waals surface area contributed by atoms with Gasteiger partial charge in [-0.05, 0) is 55.6 Å². The van der Waals surface area contributed by atoms with Crippen LogP contribution in [0.1, 0.15) is 36.1 Å². The predicted octanol–water partition coefficient (Wildman–Crippen LogP) is 3.95. The maximum Gasteiger partial charge on any atom is 0.133 e. The van der Waals surface area contributed by atoms with Gasteiger partial charge < -0.3 is 5.32 Å². The number of aromatic nitrogens is 1. The lowest BCUT2D eigenvalue weighted by Crippen LogP contribution is -2.24. The van der Waals surface area contributed by atoms with Crippen LogP contribution in [0.3, 0.4) is 0 Å². The Bertz CT molecular complexity index is 585. The molecule has 1 unspecified atom stereocenters. The molecule has 1 heterocycles. The van der Waals surface area contributed by atoms with E-state index in [-0.39, 0.29) is 11.6 Å². The summed E-state index contributed by atoms with van der Waals surface area (Å²) in [5, 5.41) is 3.18. The van der Waals surface area contributed by atoms with Crippen LogP contribution in [0.2, 0.25) is 0 Å². The second kappa shape index (κ2) is 7.27. The third-order valence-corrected chi connectivity index (χ3v) is 3.59. The number of rotatable bonds is 6.